The number of fused-ring (bicyclic) bond motifs is 3. The molecule has 0 amide bonds. The number of nitrogens with one attached hydrogen (secondary N) is 1. The largest absolute Gasteiger partial charge is 0.497 e. The summed E-state index contributed by atoms with van der Waals surface area (Å²) < 4.78 is 7.37. The van der Waals surface area contributed by atoms with Gasteiger partial charge in [0.15, 0.2) is 0 Å². The zero-order chi connectivity index (χ0) is 14.4. The van der Waals surface area contributed by atoms with Gasteiger partial charge in [-0.3, -0.25) is 4.40 Å². The van der Waals surface area contributed by atoms with E-state index in [0.717, 1.165) is 39.5 Å². The highest BCUT2D eigenvalue weighted by atomic mass is 79.9. The Kier molecular flexibility index (Phi) is 3.66. The van der Waals surface area contributed by atoms with Crippen LogP contribution in [0.3, 0.4) is 0 Å². The molecule has 0 aliphatic rings. The van der Waals surface area contributed by atoms with Gasteiger partial charge in [-0.25, -0.2) is 4.98 Å². The van der Waals surface area contributed by atoms with E-state index in [0.29, 0.717) is 0 Å². The van der Waals surface area contributed by atoms with Gasteiger partial charge in [0.25, 0.3) is 0 Å². The summed E-state index contributed by atoms with van der Waals surface area (Å²) in [5.74, 6) is 1.73. The maximum absolute atomic E-state index is 5.21. The van der Waals surface area contributed by atoms with E-state index in [-0.39, 0.29) is 17.0 Å². The summed E-state index contributed by atoms with van der Waals surface area (Å²) in [7, 11) is 1.67. The zero-order valence-corrected chi connectivity index (χ0v) is 14.0. The molecule has 0 spiro atoms. The highest BCUT2D eigenvalue weighted by Crippen LogP contribution is 2.28. The minimum atomic E-state index is 0. The van der Waals surface area contributed by atoms with Crippen molar-refractivity contribution in [3.63, 3.8) is 0 Å². The van der Waals surface area contributed by atoms with Crippen LogP contribution in [0.4, 0.5) is 0 Å². The number of imidazole rings is 2. The van der Waals surface area contributed by atoms with Crippen molar-refractivity contribution in [3.05, 3.63) is 54.2 Å². The van der Waals surface area contributed by atoms with Crippen LogP contribution in [-0.4, -0.2) is 21.5 Å². The molecule has 2 aromatic carbocycles. The quantitative estimate of drug-likeness (QED) is 0.578. The van der Waals surface area contributed by atoms with E-state index in [1.807, 2.05) is 36.4 Å². The van der Waals surface area contributed by atoms with Crippen LogP contribution < -0.4 is 4.74 Å². The van der Waals surface area contributed by atoms with Crippen molar-refractivity contribution in [1.82, 2.24) is 14.4 Å². The smallest absolute Gasteiger partial charge is 0.213 e. The van der Waals surface area contributed by atoms with E-state index in [9.17, 15) is 0 Å². The average molecular weight is 358 g/mol. The molecule has 2 aromatic heterocycles. The summed E-state index contributed by atoms with van der Waals surface area (Å²) >= 11 is 0. The van der Waals surface area contributed by atoms with Gasteiger partial charge in [-0.2, -0.15) is 0 Å². The fourth-order valence-corrected chi connectivity index (χ4v) is 2.80. The van der Waals surface area contributed by atoms with E-state index < -0.39 is 0 Å². The van der Waals surface area contributed by atoms with Gasteiger partial charge >= 0.3 is 0 Å². The number of hydrogen-bond acceptors (Lipinski definition) is 2. The average Bonchev–Trinajstić information content (AvgIpc) is 3.04. The van der Waals surface area contributed by atoms with Gasteiger partial charge in [0.2, 0.25) is 5.78 Å². The number of rotatable bonds is 2. The van der Waals surface area contributed by atoms with E-state index in [1.54, 1.807) is 7.11 Å². The van der Waals surface area contributed by atoms with Gasteiger partial charge in [-0.05, 0) is 43.3 Å². The Morgan fingerprint density at radius 3 is 2.50 bits per heavy atom. The van der Waals surface area contributed by atoms with E-state index >= 15 is 0 Å². The molecule has 0 atom stereocenters. The fourth-order valence-electron chi connectivity index (χ4n) is 2.80. The summed E-state index contributed by atoms with van der Waals surface area (Å²) in [5, 5.41) is 0. The van der Waals surface area contributed by atoms with E-state index in [1.165, 1.54) is 0 Å². The lowest BCUT2D eigenvalue weighted by atomic mass is 10.1. The molecule has 2 heterocycles. The molecule has 0 unspecified atom stereocenters. The number of aromatic nitrogens is 3. The molecule has 1 N–H and O–H groups in total. The standard InChI is InChI=1S/C17H15N3O.BrH/c1-11-16(12-7-9-13(21-2)10-8-12)19-17-18-14-5-3-4-6-15(14)20(11)17;/h3-10H,1-2H3,(H,18,19);1H. The third-order valence-electron chi connectivity index (χ3n) is 3.86. The van der Waals surface area contributed by atoms with Crippen LogP contribution in [0.1, 0.15) is 5.69 Å². The van der Waals surface area contributed by atoms with Crippen molar-refractivity contribution >= 4 is 33.8 Å². The summed E-state index contributed by atoms with van der Waals surface area (Å²) in [6, 6.07) is 16.2. The lowest BCUT2D eigenvalue weighted by Gasteiger charge is -2.02. The number of H-pyrrole nitrogens is 1. The predicted octanol–water partition coefficient (Wildman–Crippen LogP) is 4.38. The third kappa shape index (κ3) is 2.09. The van der Waals surface area contributed by atoms with Gasteiger partial charge < -0.3 is 9.72 Å². The van der Waals surface area contributed by atoms with Crippen LogP contribution in [0.2, 0.25) is 0 Å². The van der Waals surface area contributed by atoms with E-state index in [2.05, 4.69) is 28.4 Å². The Morgan fingerprint density at radius 2 is 1.77 bits per heavy atom. The number of nitrogens with zero attached hydrogens (tertiary/aromatic N) is 2. The lowest BCUT2D eigenvalue weighted by Crippen LogP contribution is -1.87. The second kappa shape index (κ2) is 5.50. The SMILES string of the molecule is Br.COc1ccc(-c2nc3[nH]c4ccccc4n3c2C)cc1. The Morgan fingerprint density at radius 1 is 1.05 bits per heavy atom. The molecule has 22 heavy (non-hydrogen) atoms. The minimum absolute atomic E-state index is 0. The van der Waals surface area contributed by atoms with Gasteiger partial charge in [0.05, 0.1) is 23.8 Å². The second-order valence-electron chi connectivity index (χ2n) is 5.08. The van der Waals surface area contributed by atoms with Gasteiger partial charge in [-0.1, -0.05) is 12.1 Å². The topological polar surface area (TPSA) is 42.3 Å². The van der Waals surface area contributed by atoms with Crippen molar-refractivity contribution in [1.29, 1.82) is 0 Å². The number of aromatic amines is 1. The number of para-hydroxylation sites is 2. The molecule has 0 fully saturated rings. The van der Waals surface area contributed by atoms with Crippen LogP contribution in [0.15, 0.2) is 48.5 Å². The van der Waals surface area contributed by atoms with Crippen molar-refractivity contribution in [3.8, 4) is 17.0 Å². The first-order valence-electron chi connectivity index (χ1n) is 6.88. The molecule has 0 saturated carbocycles. The highest BCUT2D eigenvalue weighted by Gasteiger charge is 2.14. The second-order valence-corrected chi connectivity index (χ2v) is 5.08. The number of methoxy groups -OCH3 is 1. The molecule has 0 aliphatic heterocycles. The first-order chi connectivity index (χ1) is 10.3. The summed E-state index contributed by atoms with van der Waals surface area (Å²) in [5.41, 5.74) is 5.47. The predicted molar refractivity (Wildman–Crippen MR) is 94.1 cm³/mol. The highest BCUT2D eigenvalue weighted by molar-refractivity contribution is 8.93. The van der Waals surface area contributed by atoms with Crippen LogP contribution in [0, 0.1) is 6.92 Å². The molecule has 5 heteroatoms. The van der Waals surface area contributed by atoms with E-state index in [4.69, 9.17) is 9.72 Å². The number of aryl methyl sites for hydroxylation is 1. The van der Waals surface area contributed by atoms with Gasteiger partial charge in [-0.15, -0.1) is 17.0 Å². The zero-order valence-electron chi connectivity index (χ0n) is 12.3. The van der Waals surface area contributed by atoms with Crippen molar-refractivity contribution in [2.45, 2.75) is 6.92 Å². The molecule has 4 aromatic rings. The Labute approximate surface area is 138 Å². The first kappa shape index (κ1) is 14.7. The molecule has 0 bridgehead atoms. The normalized spacial score (nSPS) is 10.8. The Bertz CT molecular complexity index is 938. The van der Waals surface area contributed by atoms with Crippen LogP contribution in [0.5, 0.6) is 5.75 Å². The van der Waals surface area contributed by atoms with Crippen LogP contribution >= 0.6 is 17.0 Å². The number of hydrogen-bond donors (Lipinski definition) is 1. The third-order valence-corrected chi connectivity index (χ3v) is 3.86. The van der Waals surface area contributed by atoms with Gasteiger partial charge in [0, 0.05) is 11.3 Å². The molecule has 112 valence electrons. The number of halogens is 1. The molecule has 0 saturated heterocycles. The first-order valence-corrected chi connectivity index (χ1v) is 6.88. The van der Waals surface area contributed by atoms with Crippen molar-refractivity contribution in [2.24, 2.45) is 0 Å². The van der Waals surface area contributed by atoms with Crippen molar-refractivity contribution in [2.75, 3.05) is 7.11 Å². The summed E-state index contributed by atoms with van der Waals surface area (Å²) in [4.78, 5) is 8.10. The monoisotopic (exact) mass is 357 g/mol. The van der Waals surface area contributed by atoms with Crippen molar-refractivity contribution < 1.29 is 4.74 Å². The van der Waals surface area contributed by atoms with Gasteiger partial charge in [0.1, 0.15) is 5.75 Å². The molecule has 0 aliphatic carbocycles. The Hall–Kier alpha value is -2.27. The molecular weight excluding hydrogens is 342 g/mol. The molecule has 4 nitrogen and oxygen atoms in total. The Balaban J connectivity index is 0.00000144. The molecular formula is C17H16BrN3O. The molecule has 4 rings (SSSR count). The van der Waals surface area contributed by atoms with Crippen LogP contribution in [-0.2, 0) is 0 Å². The maximum Gasteiger partial charge on any atom is 0.213 e. The summed E-state index contributed by atoms with van der Waals surface area (Å²) in [6.45, 7) is 2.10. The van der Waals surface area contributed by atoms with Crippen LogP contribution in [0.25, 0.3) is 28.1 Å². The fraction of sp³-hybridized carbons (Fsp3) is 0.118. The number of benzene rings is 2. The molecule has 0 radical (unpaired) electrons. The summed E-state index contributed by atoms with van der Waals surface area (Å²) in [6.07, 6.45) is 0. The number of ether oxygens (including phenoxy) is 1. The minimum Gasteiger partial charge on any atom is -0.497 e. The maximum atomic E-state index is 5.21. The lowest BCUT2D eigenvalue weighted by molar-refractivity contribution is 0.415.